The summed E-state index contributed by atoms with van der Waals surface area (Å²) >= 11 is 0. The number of benzene rings is 2. The number of aromatic nitrogens is 3. The highest BCUT2D eigenvalue weighted by Crippen LogP contribution is 2.36. The summed E-state index contributed by atoms with van der Waals surface area (Å²) in [6.07, 6.45) is 3.82. The minimum atomic E-state index is -0.0521. The molecule has 5 rings (SSSR count). The average Bonchev–Trinajstić information content (AvgIpc) is 3.30. The first-order chi connectivity index (χ1) is 12.8. The van der Waals surface area contributed by atoms with Gasteiger partial charge in [0.15, 0.2) is 0 Å². The van der Waals surface area contributed by atoms with Gasteiger partial charge in [0.2, 0.25) is 0 Å². The molecule has 2 heterocycles. The first-order valence-electron chi connectivity index (χ1n) is 8.79. The standard InChI is InChI=1S/C21H18N4O/c26-21(22-11-13-4-2-1-3-5-13)14-7-9-18-17(10-14)16-8-6-15-12-23-25-19(15)20(16)24-18/h1-5,7,9-10,12,24H,6,8,11H2,(H,22,26)(H,23,25). The van der Waals surface area contributed by atoms with Crippen LogP contribution in [0.2, 0.25) is 0 Å². The fraction of sp³-hybridized carbons (Fsp3) is 0.143. The molecule has 0 atom stereocenters. The molecule has 0 saturated heterocycles. The van der Waals surface area contributed by atoms with Crippen molar-refractivity contribution in [1.29, 1.82) is 0 Å². The number of aryl methyl sites for hydroxylation is 2. The number of hydrogen-bond acceptors (Lipinski definition) is 2. The van der Waals surface area contributed by atoms with Crippen molar-refractivity contribution in [2.24, 2.45) is 0 Å². The molecule has 1 amide bonds. The van der Waals surface area contributed by atoms with Gasteiger partial charge in [-0.1, -0.05) is 30.3 Å². The van der Waals surface area contributed by atoms with E-state index in [0.29, 0.717) is 12.1 Å². The quantitative estimate of drug-likeness (QED) is 0.532. The summed E-state index contributed by atoms with van der Waals surface area (Å²) in [6, 6.07) is 15.8. The largest absolute Gasteiger partial charge is 0.353 e. The maximum atomic E-state index is 12.6. The summed E-state index contributed by atoms with van der Waals surface area (Å²) < 4.78 is 0. The van der Waals surface area contributed by atoms with Crippen molar-refractivity contribution in [2.75, 3.05) is 0 Å². The highest BCUT2D eigenvalue weighted by Gasteiger charge is 2.22. The molecule has 2 aromatic carbocycles. The molecule has 0 bridgehead atoms. The number of amides is 1. The van der Waals surface area contributed by atoms with Crippen molar-refractivity contribution < 1.29 is 4.79 Å². The van der Waals surface area contributed by atoms with Gasteiger partial charge < -0.3 is 10.3 Å². The topological polar surface area (TPSA) is 73.6 Å². The normalized spacial score (nSPS) is 12.6. The van der Waals surface area contributed by atoms with Crippen LogP contribution in [0, 0.1) is 0 Å². The summed E-state index contributed by atoms with van der Waals surface area (Å²) in [5, 5.41) is 11.4. The molecule has 5 heteroatoms. The van der Waals surface area contributed by atoms with Crippen molar-refractivity contribution in [3.8, 4) is 11.4 Å². The van der Waals surface area contributed by atoms with E-state index in [0.717, 1.165) is 40.7 Å². The third-order valence-electron chi connectivity index (χ3n) is 5.08. The first-order valence-corrected chi connectivity index (χ1v) is 8.79. The highest BCUT2D eigenvalue weighted by molar-refractivity contribution is 6.00. The zero-order valence-electron chi connectivity index (χ0n) is 14.2. The molecule has 0 fully saturated rings. The molecule has 0 saturated carbocycles. The number of H-pyrrole nitrogens is 2. The SMILES string of the molecule is O=C(NCc1ccccc1)c1ccc2[nH]c3c(c2c1)CCc1cn[nH]c1-3. The zero-order valence-corrected chi connectivity index (χ0v) is 14.2. The fourth-order valence-corrected chi connectivity index (χ4v) is 3.72. The Bertz CT molecular complexity index is 1110. The van der Waals surface area contributed by atoms with Crippen LogP contribution in [0.25, 0.3) is 22.3 Å². The van der Waals surface area contributed by atoms with Crippen LogP contribution in [0.4, 0.5) is 0 Å². The van der Waals surface area contributed by atoms with Gasteiger partial charge in [0.25, 0.3) is 5.91 Å². The van der Waals surface area contributed by atoms with Gasteiger partial charge >= 0.3 is 0 Å². The molecule has 4 aromatic rings. The molecule has 1 aliphatic carbocycles. The minimum Gasteiger partial charge on any atom is -0.353 e. The second-order valence-electron chi connectivity index (χ2n) is 6.68. The van der Waals surface area contributed by atoms with Crippen LogP contribution in [-0.2, 0) is 19.4 Å². The van der Waals surface area contributed by atoms with Crippen LogP contribution in [0.3, 0.4) is 0 Å². The molecule has 2 aromatic heterocycles. The van der Waals surface area contributed by atoms with E-state index < -0.39 is 0 Å². The van der Waals surface area contributed by atoms with Gasteiger partial charge in [-0.25, -0.2) is 0 Å². The van der Waals surface area contributed by atoms with Crippen LogP contribution >= 0.6 is 0 Å². The predicted octanol–water partition coefficient (Wildman–Crippen LogP) is 3.59. The highest BCUT2D eigenvalue weighted by atomic mass is 16.1. The summed E-state index contributed by atoms with van der Waals surface area (Å²) in [5.74, 6) is -0.0521. The average molecular weight is 342 g/mol. The summed E-state index contributed by atoms with van der Waals surface area (Å²) in [4.78, 5) is 16.1. The molecule has 0 radical (unpaired) electrons. The van der Waals surface area contributed by atoms with Crippen molar-refractivity contribution in [3.05, 3.63) is 77.0 Å². The number of nitrogens with one attached hydrogen (secondary N) is 3. The number of fused-ring (bicyclic) bond motifs is 5. The van der Waals surface area contributed by atoms with Gasteiger partial charge in [-0.2, -0.15) is 5.10 Å². The molecular weight excluding hydrogens is 324 g/mol. The Balaban J connectivity index is 1.46. The van der Waals surface area contributed by atoms with Crippen LogP contribution in [0.15, 0.2) is 54.7 Å². The van der Waals surface area contributed by atoms with Crippen molar-refractivity contribution >= 4 is 16.8 Å². The van der Waals surface area contributed by atoms with Crippen LogP contribution < -0.4 is 5.32 Å². The smallest absolute Gasteiger partial charge is 0.251 e. The second-order valence-corrected chi connectivity index (χ2v) is 6.68. The zero-order chi connectivity index (χ0) is 17.5. The van der Waals surface area contributed by atoms with Crippen molar-refractivity contribution in [2.45, 2.75) is 19.4 Å². The Labute approximate surface area is 150 Å². The molecule has 0 spiro atoms. The van der Waals surface area contributed by atoms with Gasteiger partial charge in [0, 0.05) is 23.0 Å². The van der Waals surface area contributed by atoms with E-state index in [4.69, 9.17) is 0 Å². The van der Waals surface area contributed by atoms with E-state index in [-0.39, 0.29) is 5.91 Å². The van der Waals surface area contributed by atoms with Gasteiger partial charge in [0.1, 0.15) is 0 Å². The van der Waals surface area contributed by atoms with Gasteiger partial charge in [-0.05, 0) is 47.7 Å². The van der Waals surface area contributed by atoms with E-state index in [1.807, 2.05) is 54.7 Å². The lowest BCUT2D eigenvalue weighted by molar-refractivity contribution is 0.0951. The third-order valence-corrected chi connectivity index (χ3v) is 5.08. The number of nitrogens with zero attached hydrogens (tertiary/aromatic N) is 1. The summed E-state index contributed by atoms with van der Waals surface area (Å²) in [7, 11) is 0. The number of carbonyl (C=O) groups is 1. The predicted molar refractivity (Wildman–Crippen MR) is 101 cm³/mol. The Kier molecular flexibility index (Phi) is 3.38. The Morgan fingerprint density at radius 2 is 1.96 bits per heavy atom. The van der Waals surface area contributed by atoms with E-state index in [1.54, 1.807) is 0 Å². The number of aromatic amines is 2. The van der Waals surface area contributed by atoms with E-state index >= 15 is 0 Å². The molecule has 1 aliphatic rings. The maximum absolute atomic E-state index is 12.6. The minimum absolute atomic E-state index is 0.0521. The van der Waals surface area contributed by atoms with Gasteiger partial charge in [-0.15, -0.1) is 0 Å². The van der Waals surface area contributed by atoms with Crippen LogP contribution in [-0.4, -0.2) is 21.1 Å². The summed E-state index contributed by atoms with van der Waals surface area (Å²) in [6.45, 7) is 0.528. The lowest BCUT2D eigenvalue weighted by Gasteiger charge is -2.11. The lowest BCUT2D eigenvalue weighted by atomic mass is 9.93. The number of hydrogen-bond donors (Lipinski definition) is 3. The monoisotopic (exact) mass is 342 g/mol. The molecule has 0 unspecified atom stereocenters. The summed E-state index contributed by atoms with van der Waals surface area (Å²) in [5.41, 5.74) is 7.49. The number of rotatable bonds is 3. The van der Waals surface area contributed by atoms with Gasteiger partial charge in [-0.3, -0.25) is 9.89 Å². The Morgan fingerprint density at radius 3 is 2.85 bits per heavy atom. The van der Waals surface area contributed by atoms with E-state index in [9.17, 15) is 4.79 Å². The molecule has 3 N–H and O–H groups in total. The second kappa shape index (κ2) is 5.88. The first kappa shape index (κ1) is 15.0. The molecular formula is C21H18N4O. The van der Waals surface area contributed by atoms with Crippen LogP contribution in [0.1, 0.15) is 27.0 Å². The van der Waals surface area contributed by atoms with Crippen LogP contribution in [0.5, 0.6) is 0 Å². The van der Waals surface area contributed by atoms with Crippen molar-refractivity contribution in [3.63, 3.8) is 0 Å². The Morgan fingerprint density at radius 1 is 1.08 bits per heavy atom. The molecule has 0 aliphatic heterocycles. The van der Waals surface area contributed by atoms with E-state index in [2.05, 4.69) is 20.5 Å². The third kappa shape index (κ3) is 2.40. The van der Waals surface area contributed by atoms with E-state index in [1.165, 1.54) is 11.1 Å². The molecule has 5 nitrogen and oxygen atoms in total. The van der Waals surface area contributed by atoms with Crippen molar-refractivity contribution in [1.82, 2.24) is 20.5 Å². The molecule has 128 valence electrons. The number of carbonyl (C=O) groups excluding carboxylic acids is 1. The van der Waals surface area contributed by atoms with Gasteiger partial charge in [0.05, 0.1) is 17.6 Å². The maximum Gasteiger partial charge on any atom is 0.251 e. The Hall–Kier alpha value is -3.34. The fourth-order valence-electron chi connectivity index (χ4n) is 3.72. The molecule has 26 heavy (non-hydrogen) atoms. The lowest BCUT2D eigenvalue weighted by Crippen LogP contribution is -2.22.